The van der Waals surface area contributed by atoms with Crippen LogP contribution in [0.2, 0.25) is 5.02 Å². The fraction of sp³-hybridized carbons (Fsp3) is 0.600. The van der Waals surface area contributed by atoms with Crippen LogP contribution in [0.1, 0.15) is 38.2 Å². The zero-order valence-electron chi connectivity index (χ0n) is 11.7. The Morgan fingerprint density at radius 1 is 1.16 bits per heavy atom. The van der Waals surface area contributed by atoms with Gasteiger partial charge in [0.15, 0.2) is 0 Å². The summed E-state index contributed by atoms with van der Waals surface area (Å²) in [5.74, 6) is 2.17. The Morgan fingerprint density at radius 3 is 2.47 bits per heavy atom. The van der Waals surface area contributed by atoms with Gasteiger partial charge < -0.3 is 14.8 Å². The van der Waals surface area contributed by atoms with Gasteiger partial charge in [0.2, 0.25) is 0 Å². The Hall–Kier alpha value is -0.930. The van der Waals surface area contributed by atoms with Crippen LogP contribution in [-0.2, 0) is 0 Å². The molecule has 1 aliphatic heterocycles. The highest BCUT2D eigenvalue weighted by atomic mass is 35.5. The molecule has 1 saturated heterocycles. The summed E-state index contributed by atoms with van der Waals surface area (Å²) in [5, 5.41) is 4.04. The van der Waals surface area contributed by atoms with Crippen molar-refractivity contribution in [3.63, 3.8) is 0 Å². The van der Waals surface area contributed by atoms with Gasteiger partial charge in [-0.2, -0.15) is 0 Å². The Bertz CT molecular complexity index is 417. The molecule has 0 atom stereocenters. The molecular weight excluding hydrogens is 262 g/mol. The molecule has 0 aromatic heterocycles. The molecule has 0 radical (unpaired) electrons. The molecule has 4 heteroatoms. The minimum Gasteiger partial charge on any atom is -0.494 e. The highest BCUT2D eigenvalue weighted by Crippen LogP contribution is 2.40. The topological polar surface area (TPSA) is 30.5 Å². The molecule has 2 rings (SSSR count). The quantitative estimate of drug-likeness (QED) is 0.895. The van der Waals surface area contributed by atoms with Crippen molar-refractivity contribution in [2.75, 3.05) is 26.3 Å². The number of piperidine rings is 1. The highest BCUT2D eigenvalue weighted by molar-refractivity contribution is 6.32. The Balaban J connectivity index is 2.34. The summed E-state index contributed by atoms with van der Waals surface area (Å²) in [6, 6.07) is 3.94. The number of ether oxygens (including phenoxy) is 2. The number of hydrogen-bond donors (Lipinski definition) is 1. The predicted molar refractivity (Wildman–Crippen MR) is 78.6 cm³/mol. The molecule has 0 spiro atoms. The van der Waals surface area contributed by atoms with Crippen molar-refractivity contribution in [3.05, 3.63) is 22.7 Å². The number of nitrogens with one attached hydrogen (secondary N) is 1. The smallest absolute Gasteiger partial charge is 0.141 e. The Labute approximate surface area is 120 Å². The summed E-state index contributed by atoms with van der Waals surface area (Å²) < 4.78 is 11.3. The average Bonchev–Trinajstić information content (AvgIpc) is 2.43. The summed E-state index contributed by atoms with van der Waals surface area (Å²) in [5.41, 5.74) is 1.19. The van der Waals surface area contributed by atoms with E-state index in [1.54, 1.807) is 0 Å². The van der Waals surface area contributed by atoms with Gasteiger partial charge in [0.1, 0.15) is 11.5 Å². The molecule has 1 N–H and O–H groups in total. The van der Waals surface area contributed by atoms with E-state index in [0.29, 0.717) is 24.2 Å². The van der Waals surface area contributed by atoms with Gasteiger partial charge in [0.05, 0.1) is 18.2 Å². The summed E-state index contributed by atoms with van der Waals surface area (Å²) in [6.45, 7) is 7.34. The molecule has 0 saturated carbocycles. The van der Waals surface area contributed by atoms with Crippen LogP contribution in [-0.4, -0.2) is 26.3 Å². The number of rotatable bonds is 5. The largest absolute Gasteiger partial charge is 0.494 e. The van der Waals surface area contributed by atoms with Crippen LogP contribution in [0.15, 0.2) is 12.1 Å². The Morgan fingerprint density at radius 2 is 1.84 bits per heavy atom. The third-order valence-electron chi connectivity index (χ3n) is 3.42. The first kappa shape index (κ1) is 14.5. The summed E-state index contributed by atoms with van der Waals surface area (Å²) >= 11 is 6.35. The SMILES string of the molecule is CCOc1cc(Cl)c(OCC)c(C2CCNCC2)c1. The molecule has 1 heterocycles. The lowest BCUT2D eigenvalue weighted by atomic mass is 9.89. The molecule has 19 heavy (non-hydrogen) atoms. The maximum Gasteiger partial charge on any atom is 0.141 e. The van der Waals surface area contributed by atoms with E-state index in [9.17, 15) is 0 Å². The van der Waals surface area contributed by atoms with E-state index in [0.717, 1.165) is 37.4 Å². The van der Waals surface area contributed by atoms with Gasteiger partial charge in [-0.15, -0.1) is 0 Å². The van der Waals surface area contributed by atoms with Crippen LogP contribution in [0.4, 0.5) is 0 Å². The molecule has 0 amide bonds. The maximum atomic E-state index is 6.35. The van der Waals surface area contributed by atoms with E-state index < -0.39 is 0 Å². The van der Waals surface area contributed by atoms with Gasteiger partial charge >= 0.3 is 0 Å². The highest BCUT2D eigenvalue weighted by Gasteiger charge is 2.22. The monoisotopic (exact) mass is 283 g/mol. The lowest BCUT2D eigenvalue weighted by Gasteiger charge is -2.26. The van der Waals surface area contributed by atoms with Crippen molar-refractivity contribution in [1.29, 1.82) is 0 Å². The van der Waals surface area contributed by atoms with Crippen molar-refractivity contribution in [2.24, 2.45) is 0 Å². The van der Waals surface area contributed by atoms with Crippen LogP contribution < -0.4 is 14.8 Å². The van der Waals surface area contributed by atoms with E-state index in [1.165, 1.54) is 5.56 Å². The zero-order chi connectivity index (χ0) is 13.7. The first-order valence-electron chi connectivity index (χ1n) is 7.06. The third kappa shape index (κ3) is 3.54. The van der Waals surface area contributed by atoms with Crippen molar-refractivity contribution in [1.82, 2.24) is 5.32 Å². The molecule has 3 nitrogen and oxygen atoms in total. The maximum absolute atomic E-state index is 6.35. The van der Waals surface area contributed by atoms with Crippen LogP contribution in [0.5, 0.6) is 11.5 Å². The molecule has 1 aliphatic rings. The third-order valence-corrected chi connectivity index (χ3v) is 3.71. The number of halogens is 1. The van der Waals surface area contributed by atoms with Gasteiger partial charge in [-0.1, -0.05) is 11.6 Å². The summed E-state index contributed by atoms with van der Waals surface area (Å²) in [4.78, 5) is 0. The van der Waals surface area contributed by atoms with Crippen molar-refractivity contribution in [2.45, 2.75) is 32.6 Å². The number of benzene rings is 1. The van der Waals surface area contributed by atoms with Gasteiger partial charge in [-0.3, -0.25) is 0 Å². The van der Waals surface area contributed by atoms with Crippen molar-refractivity contribution < 1.29 is 9.47 Å². The van der Waals surface area contributed by atoms with E-state index in [1.807, 2.05) is 19.9 Å². The molecular formula is C15H22ClNO2. The summed E-state index contributed by atoms with van der Waals surface area (Å²) in [7, 11) is 0. The first-order valence-corrected chi connectivity index (χ1v) is 7.43. The predicted octanol–water partition coefficient (Wildman–Crippen LogP) is 3.60. The van der Waals surface area contributed by atoms with Gasteiger partial charge in [0.25, 0.3) is 0 Å². The lowest BCUT2D eigenvalue weighted by Crippen LogP contribution is -2.27. The van der Waals surface area contributed by atoms with Gasteiger partial charge in [0, 0.05) is 11.6 Å². The fourth-order valence-corrected chi connectivity index (χ4v) is 2.84. The van der Waals surface area contributed by atoms with Crippen LogP contribution in [0, 0.1) is 0 Å². The van der Waals surface area contributed by atoms with E-state index >= 15 is 0 Å². The van der Waals surface area contributed by atoms with Crippen LogP contribution in [0.3, 0.4) is 0 Å². The second kappa shape index (κ2) is 7.01. The van der Waals surface area contributed by atoms with E-state index in [4.69, 9.17) is 21.1 Å². The van der Waals surface area contributed by atoms with Crippen molar-refractivity contribution >= 4 is 11.6 Å². The molecule has 0 unspecified atom stereocenters. The lowest BCUT2D eigenvalue weighted by molar-refractivity contribution is 0.321. The second-order valence-electron chi connectivity index (χ2n) is 4.71. The standard InChI is InChI=1S/C15H22ClNO2/c1-3-18-12-9-13(11-5-7-17-8-6-11)15(19-4-2)14(16)10-12/h9-11,17H,3-8H2,1-2H3. The van der Waals surface area contributed by atoms with Crippen LogP contribution >= 0.6 is 11.6 Å². The normalized spacial score (nSPS) is 16.4. The van der Waals surface area contributed by atoms with Crippen molar-refractivity contribution in [3.8, 4) is 11.5 Å². The minimum atomic E-state index is 0.501. The minimum absolute atomic E-state index is 0.501. The zero-order valence-corrected chi connectivity index (χ0v) is 12.4. The molecule has 0 bridgehead atoms. The molecule has 1 aromatic rings. The van der Waals surface area contributed by atoms with Gasteiger partial charge in [-0.25, -0.2) is 0 Å². The number of hydrogen-bond acceptors (Lipinski definition) is 3. The molecule has 1 fully saturated rings. The molecule has 106 valence electrons. The Kier molecular flexibility index (Phi) is 5.34. The first-order chi connectivity index (χ1) is 9.26. The summed E-state index contributed by atoms with van der Waals surface area (Å²) in [6.07, 6.45) is 2.23. The van der Waals surface area contributed by atoms with E-state index in [-0.39, 0.29) is 0 Å². The molecule has 1 aromatic carbocycles. The molecule has 0 aliphatic carbocycles. The van der Waals surface area contributed by atoms with Gasteiger partial charge in [-0.05, 0) is 51.8 Å². The average molecular weight is 284 g/mol. The fourth-order valence-electron chi connectivity index (χ4n) is 2.57. The van der Waals surface area contributed by atoms with Crippen LogP contribution in [0.25, 0.3) is 0 Å². The van der Waals surface area contributed by atoms with E-state index in [2.05, 4.69) is 11.4 Å². The second-order valence-corrected chi connectivity index (χ2v) is 5.12.